The van der Waals surface area contributed by atoms with Crippen LogP contribution in [0.25, 0.3) is 5.70 Å². The van der Waals surface area contributed by atoms with Gasteiger partial charge in [0.2, 0.25) is 6.36 Å². The summed E-state index contributed by atoms with van der Waals surface area (Å²) in [6.45, 7) is 13.9. The van der Waals surface area contributed by atoms with Crippen LogP contribution in [0.4, 0.5) is 4.39 Å². The average Bonchev–Trinajstić information content (AvgIpc) is 3.69. The van der Waals surface area contributed by atoms with E-state index in [4.69, 9.17) is 14.2 Å². The number of benzene rings is 1. The maximum Gasteiger partial charge on any atom is 0.238 e. The van der Waals surface area contributed by atoms with E-state index in [2.05, 4.69) is 40.4 Å². The summed E-state index contributed by atoms with van der Waals surface area (Å²) >= 11 is 0. The van der Waals surface area contributed by atoms with Crippen molar-refractivity contribution >= 4 is 11.5 Å². The lowest BCUT2D eigenvalue weighted by Gasteiger charge is -2.57. The Morgan fingerprint density at radius 1 is 1.20 bits per heavy atom. The smallest absolute Gasteiger partial charge is 0.238 e. The number of Topliss-reactive ketones (excluding diaryl/α,β-unsaturated/α-hetero) is 1. The quantitative estimate of drug-likeness (QED) is 0.371. The van der Waals surface area contributed by atoms with Gasteiger partial charge in [-0.15, -0.1) is 0 Å². The lowest BCUT2D eigenvalue weighted by molar-refractivity contribution is -0.194. The fourth-order valence-electron chi connectivity index (χ4n) is 6.05. The molecule has 0 aromatic heterocycles. The summed E-state index contributed by atoms with van der Waals surface area (Å²) in [5.41, 5.74) is 3.72. The fraction of sp³-hybridized carbons (Fsp3) is 0.594. The number of carbonyl (C=O) groups is 1. The minimum absolute atomic E-state index is 0.0224. The SMILES string of the molecule is CC.CCC(F)Oc1cc(C2=CNC3C=C(C(C)N4CC5(COC5)C4)C=CN23)cc(OC)c1C(=O)C(C)C1CC1. The van der Waals surface area contributed by atoms with Gasteiger partial charge in [-0.2, -0.15) is 0 Å². The van der Waals surface area contributed by atoms with E-state index in [-0.39, 0.29) is 30.0 Å². The molecule has 6 rings (SSSR count). The maximum atomic E-state index is 14.5. The summed E-state index contributed by atoms with van der Waals surface area (Å²) in [7, 11) is 1.55. The zero-order valence-electron chi connectivity index (χ0n) is 24.7. The summed E-state index contributed by atoms with van der Waals surface area (Å²) in [5.74, 6) is 0.835. The molecule has 4 atom stereocenters. The van der Waals surface area contributed by atoms with Crippen molar-refractivity contribution in [1.82, 2.24) is 15.1 Å². The molecule has 1 aromatic rings. The number of carbonyl (C=O) groups excluding carboxylic acids is 1. The Kier molecular flexibility index (Phi) is 8.30. The van der Waals surface area contributed by atoms with Crippen molar-refractivity contribution in [2.75, 3.05) is 33.4 Å². The molecule has 4 unspecified atom stereocenters. The molecule has 1 saturated carbocycles. The second-order valence-electron chi connectivity index (χ2n) is 11.6. The second-order valence-corrected chi connectivity index (χ2v) is 11.6. The highest BCUT2D eigenvalue weighted by atomic mass is 19.1. The highest BCUT2D eigenvalue weighted by Crippen LogP contribution is 2.44. The molecular formula is C32H44FN3O4. The van der Waals surface area contributed by atoms with Gasteiger partial charge in [0, 0.05) is 54.8 Å². The van der Waals surface area contributed by atoms with Crippen LogP contribution in [0.2, 0.25) is 0 Å². The molecule has 40 heavy (non-hydrogen) atoms. The first-order valence-corrected chi connectivity index (χ1v) is 14.9. The molecule has 0 bridgehead atoms. The molecule has 8 heteroatoms. The average molecular weight is 554 g/mol. The molecule has 3 fully saturated rings. The summed E-state index contributed by atoms with van der Waals surface area (Å²) in [4.78, 5) is 18.1. The van der Waals surface area contributed by atoms with Crippen molar-refractivity contribution in [2.45, 2.75) is 72.4 Å². The Balaban J connectivity index is 0.00000158. The highest BCUT2D eigenvalue weighted by Gasteiger charge is 2.50. The van der Waals surface area contributed by atoms with E-state index in [1.807, 2.05) is 33.0 Å². The number of rotatable bonds is 10. The Morgan fingerprint density at radius 3 is 2.50 bits per heavy atom. The monoisotopic (exact) mass is 553 g/mol. The van der Waals surface area contributed by atoms with Crippen LogP contribution < -0.4 is 14.8 Å². The highest BCUT2D eigenvalue weighted by molar-refractivity contribution is 6.03. The molecule has 218 valence electrons. The van der Waals surface area contributed by atoms with Crippen LogP contribution in [-0.2, 0) is 4.74 Å². The minimum atomic E-state index is -1.50. The number of nitrogens with zero attached hydrogens (tertiary/aromatic N) is 2. The third-order valence-electron chi connectivity index (χ3n) is 8.82. The molecule has 4 heterocycles. The molecule has 1 spiro atoms. The lowest BCUT2D eigenvalue weighted by Crippen LogP contribution is -2.67. The normalized spacial score (nSPS) is 24.7. The number of methoxy groups -OCH3 is 1. The molecule has 0 amide bonds. The molecule has 1 N–H and O–H groups in total. The predicted octanol–water partition coefficient (Wildman–Crippen LogP) is 5.74. The second kappa shape index (κ2) is 11.6. The topological polar surface area (TPSA) is 63.3 Å². The summed E-state index contributed by atoms with van der Waals surface area (Å²) in [6, 6.07) is 3.98. The van der Waals surface area contributed by atoms with Crippen molar-refractivity contribution in [1.29, 1.82) is 0 Å². The summed E-state index contributed by atoms with van der Waals surface area (Å²) in [5, 5.41) is 3.47. The van der Waals surface area contributed by atoms with Gasteiger partial charge in [-0.25, -0.2) is 4.39 Å². The first-order valence-electron chi connectivity index (χ1n) is 14.9. The Labute approximate surface area is 238 Å². The summed E-state index contributed by atoms with van der Waals surface area (Å²) in [6.07, 6.45) is 9.24. The summed E-state index contributed by atoms with van der Waals surface area (Å²) < 4.78 is 31.3. The first kappa shape index (κ1) is 28.7. The van der Waals surface area contributed by atoms with Crippen molar-refractivity contribution in [3.05, 3.63) is 53.4 Å². The van der Waals surface area contributed by atoms with E-state index in [0.717, 1.165) is 50.4 Å². The van der Waals surface area contributed by atoms with E-state index < -0.39 is 6.36 Å². The number of likely N-dealkylation sites (tertiary alicyclic amines) is 1. The molecule has 2 saturated heterocycles. The van der Waals surface area contributed by atoms with E-state index in [0.29, 0.717) is 28.7 Å². The van der Waals surface area contributed by atoms with Crippen LogP contribution in [0, 0.1) is 17.3 Å². The number of ketones is 1. The molecule has 7 nitrogen and oxygen atoms in total. The van der Waals surface area contributed by atoms with E-state index in [1.165, 1.54) is 5.57 Å². The Bertz CT molecular complexity index is 1190. The van der Waals surface area contributed by atoms with Crippen molar-refractivity contribution in [3.8, 4) is 11.5 Å². The molecule has 4 aliphatic heterocycles. The molecule has 5 aliphatic rings. The number of hydrogen-bond donors (Lipinski definition) is 1. The Hall–Kier alpha value is -2.84. The zero-order chi connectivity index (χ0) is 28.6. The van der Waals surface area contributed by atoms with Crippen LogP contribution in [0.5, 0.6) is 11.5 Å². The number of alkyl halides is 1. The molecular weight excluding hydrogens is 509 g/mol. The number of nitrogens with one attached hydrogen (secondary N) is 1. The van der Waals surface area contributed by atoms with Gasteiger partial charge in [-0.05, 0) is 55.5 Å². The van der Waals surface area contributed by atoms with Crippen molar-refractivity contribution in [2.24, 2.45) is 17.3 Å². The van der Waals surface area contributed by atoms with Gasteiger partial charge in [-0.1, -0.05) is 27.7 Å². The number of fused-ring (bicyclic) bond motifs is 1. The van der Waals surface area contributed by atoms with Gasteiger partial charge >= 0.3 is 0 Å². The van der Waals surface area contributed by atoms with Gasteiger partial charge in [0.15, 0.2) is 5.78 Å². The van der Waals surface area contributed by atoms with Gasteiger partial charge in [0.25, 0.3) is 0 Å². The van der Waals surface area contributed by atoms with Crippen molar-refractivity contribution in [3.63, 3.8) is 0 Å². The third kappa shape index (κ3) is 5.28. The Morgan fingerprint density at radius 2 is 1.90 bits per heavy atom. The van der Waals surface area contributed by atoms with Gasteiger partial charge in [0.1, 0.15) is 23.2 Å². The van der Waals surface area contributed by atoms with Crippen LogP contribution in [-0.4, -0.2) is 67.6 Å². The van der Waals surface area contributed by atoms with E-state index in [9.17, 15) is 9.18 Å². The van der Waals surface area contributed by atoms with Crippen LogP contribution in [0.3, 0.4) is 0 Å². The number of hydrogen-bond acceptors (Lipinski definition) is 7. The van der Waals surface area contributed by atoms with Gasteiger partial charge in [-0.3, -0.25) is 9.69 Å². The van der Waals surface area contributed by atoms with Gasteiger partial charge < -0.3 is 24.4 Å². The van der Waals surface area contributed by atoms with Crippen LogP contribution in [0.15, 0.2) is 42.3 Å². The third-order valence-corrected chi connectivity index (χ3v) is 8.82. The van der Waals surface area contributed by atoms with Crippen LogP contribution in [0.1, 0.15) is 69.8 Å². The molecule has 1 aliphatic carbocycles. The molecule has 0 radical (unpaired) electrons. The minimum Gasteiger partial charge on any atom is -0.496 e. The van der Waals surface area contributed by atoms with E-state index in [1.54, 1.807) is 20.1 Å². The van der Waals surface area contributed by atoms with Crippen LogP contribution >= 0.6 is 0 Å². The lowest BCUT2D eigenvalue weighted by atomic mass is 9.76. The largest absolute Gasteiger partial charge is 0.496 e. The predicted molar refractivity (Wildman–Crippen MR) is 155 cm³/mol. The van der Waals surface area contributed by atoms with E-state index >= 15 is 0 Å². The molecule has 1 aromatic carbocycles. The first-order chi connectivity index (χ1) is 19.3. The fourth-order valence-corrected chi connectivity index (χ4v) is 6.05. The number of ether oxygens (including phenoxy) is 3. The zero-order valence-corrected chi connectivity index (χ0v) is 24.7. The van der Waals surface area contributed by atoms with Crippen molar-refractivity contribution < 1.29 is 23.4 Å². The standard InChI is InChI=1S/C30H38FN3O4.C2H6/c1-5-26(31)38-25-11-22(10-24(36-4)28(25)29(35)18(2)20-6-7-20)23-13-32-27-12-21(8-9-34(23)27)19(3)33-14-30(15-33)16-37-17-30;1-2/h8-13,18-20,26-27,32H,5-7,14-17H2,1-4H3;1-2H3. The van der Waals surface area contributed by atoms with Gasteiger partial charge in [0.05, 0.1) is 26.0 Å². The number of halogens is 1. The maximum absolute atomic E-state index is 14.5.